The predicted molar refractivity (Wildman–Crippen MR) is 65.8 cm³/mol. The summed E-state index contributed by atoms with van der Waals surface area (Å²) >= 11 is 6.23. The molecule has 0 fully saturated rings. The summed E-state index contributed by atoms with van der Waals surface area (Å²) in [5, 5.41) is -0.880. The van der Waals surface area contributed by atoms with E-state index in [4.69, 9.17) is 22.1 Å². The molecule has 1 unspecified atom stereocenters. The Morgan fingerprint density at radius 2 is 2.29 bits per heavy atom. The lowest BCUT2D eigenvalue weighted by molar-refractivity contribution is 0.0416. The van der Waals surface area contributed by atoms with Gasteiger partial charge in [-0.05, 0) is 29.8 Å². The van der Waals surface area contributed by atoms with Crippen LogP contribution in [0, 0.1) is 5.82 Å². The number of rotatable bonds is 3. The summed E-state index contributed by atoms with van der Waals surface area (Å²) in [7, 11) is 0. The van der Waals surface area contributed by atoms with Gasteiger partial charge in [-0.25, -0.2) is 4.39 Å². The van der Waals surface area contributed by atoms with E-state index < -0.39 is 5.06 Å². The molecule has 1 aromatic rings. The van der Waals surface area contributed by atoms with Gasteiger partial charge in [0.25, 0.3) is 0 Å². The van der Waals surface area contributed by atoms with Crippen molar-refractivity contribution in [1.82, 2.24) is 0 Å². The minimum atomic E-state index is -0.880. The van der Waals surface area contributed by atoms with E-state index >= 15 is 0 Å². The number of ether oxygens (including phenoxy) is 1. The third kappa shape index (κ3) is 3.32. The van der Waals surface area contributed by atoms with Gasteiger partial charge in [-0.3, -0.25) is 0 Å². The Hall–Kier alpha value is -1.32. The Morgan fingerprint density at radius 1 is 1.47 bits per heavy atom. The summed E-state index contributed by atoms with van der Waals surface area (Å²) in [4.78, 5) is 0. The van der Waals surface area contributed by atoms with E-state index in [-0.39, 0.29) is 12.4 Å². The highest BCUT2D eigenvalue weighted by molar-refractivity contribution is 6.24. The van der Waals surface area contributed by atoms with Gasteiger partial charge in [-0.1, -0.05) is 29.8 Å². The van der Waals surface area contributed by atoms with E-state index in [1.807, 2.05) is 0 Å². The second-order valence-corrected chi connectivity index (χ2v) is 4.59. The molecule has 0 bridgehead atoms. The Balaban J connectivity index is 1.97. The third-order valence-corrected chi connectivity index (χ3v) is 2.90. The van der Waals surface area contributed by atoms with Gasteiger partial charge in [0.2, 0.25) is 0 Å². The van der Waals surface area contributed by atoms with Gasteiger partial charge in [0.15, 0.2) is 5.06 Å². The first kappa shape index (κ1) is 12.1. The normalized spacial score (nSPS) is 23.5. The van der Waals surface area contributed by atoms with Crippen LogP contribution in [0.4, 0.5) is 4.39 Å². The van der Waals surface area contributed by atoms with Gasteiger partial charge in [-0.2, -0.15) is 0 Å². The fourth-order valence-electron chi connectivity index (χ4n) is 1.55. The molecule has 2 nitrogen and oxygen atoms in total. The number of halogens is 2. The lowest BCUT2D eigenvalue weighted by atomic mass is 10.1. The summed E-state index contributed by atoms with van der Waals surface area (Å²) in [5.74, 6) is -0.280. The Morgan fingerprint density at radius 3 is 2.94 bits per heavy atom. The summed E-state index contributed by atoms with van der Waals surface area (Å²) in [6, 6.07) is 6.25. The molecule has 0 radical (unpaired) electrons. The lowest BCUT2D eigenvalue weighted by Crippen LogP contribution is -2.24. The van der Waals surface area contributed by atoms with Crippen molar-refractivity contribution in [2.24, 2.45) is 5.73 Å². The van der Waals surface area contributed by atoms with Crippen molar-refractivity contribution in [1.29, 1.82) is 0 Å². The van der Waals surface area contributed by atoms with E-state index in [0.717, 1.165) is 5.56 Å². The van der Waals surface area contributed by atoms with Crippen LogP contribution < -0.4 is 5.73 Å². The molecule has 4 heteroatoms. The summed E-state index contributed by atoms with van der Waals surface area (Å²) in [5.41, 5.74) is 7.02. The first-order valence-electron chi connectivity index (χ1n) is 5.30. The SMILES string of the molecule is NC1=CCC(Cl)(OCc2cccc(F)c2)C=C1. The van der Waals surface area contributed by atoms with Crippen molar-refractivity contribution in [3.63, 3.8) is 0 Å². The molecule has 2 N–H and O–H groups in total. The average Bonchev–Trinajstić information content (AvgIpc) is 2.31. The number of allylic oxidation sites excluding steroid dienone is 1. The quantitative estimate of drug-likeness (QED) is 0.841. The smallest absolute Gasteiger partial charge is 0.164 e. The first-order chi connectivity index (χ1) is 8.07. The molecule has 0 spiro atoms. The maximum atomic E-state index is 13.0. The first-order valence-corrected chi connectivity index (χ1v) is 5.67. The van der Waals surface area contributed by atoms with E-state index in [0.29, 0.717) is 12.1 Å². The maximum Gasteiger partial charge on any atom is 0.164 e. The van der Waals surface area contributed by atoms with E-state index in [9.17, 15) is 4.39 Å². The number of benzene rings is 1. The molecule has 0 saturated heterocycles. The molecule has 17 heavy (non-hydrogen) atoms. The van der Waals surface area contributed by atoms with E-state index in [1.165, 1.54) is 12.1 Å². The highest BCUT2D eigenvalue weighted by atomic mass is 35.5. The van der Waals surface area contributed by atoms with E-state index in [2.05, 4.69) is 0 Å². The topological polar surface area (TPSA) is 35.2 Å². The van der Waals surface area contributed by atoms with Crippen molar-refractivity contribution in [3.8, 4) is 0 Å². The standard InChI is InChI=1S/C13H13ClFNO/c14-13(6-4-12(16)5-7-13)17-9-10-2-1-3-11(15)8-10/h1-6,8H,7,9,16H2. The highest BCUT2D eigenvalue weighted by Crippen LogP contribution is 2.29. The van der Waals surface area contributed by atoms with Crippen LogP contribution >= 0.6 is 11.6 Å². The zero-order valence-corrected chi connectivity index (χ0v) is 9.95. The zero-order chi connectivity index (χ0) is 12.3. The van der Waals surface area contributed by atoms with Crippen molar-refractivity contribution in [2.75, 3.05) is 0 Å². The predicted octanol–water partition coefficient (Wildman–Crippen LogP) is 3.08. The summed E-state index contributed by atoms with van der Waals surface area (Å²) in [6.07, 6.45) is 5.73. The molecule has 1 aliphatic carbocycles. The Kier molecular flexibility index (Phi) is 3.50. The monoisotopic (exact) mass is 253 g/mol. The fourth-order valence-corrected chi connectivity index (χ4v) is 1.75. The molecule has 0 saturated carbocycles. The minimum absolute atomic E-state index is 0.263. The maximum absolute atomic E-state index is 13.0. The third-order valence-electron chi connectivity index (χ3n) is 2.51. The van der Waals surface area contributed by atoms with Gasteiger partial charge in [-0.15, -0.1) is 0 Å². The minimum Gasteiger partial charge on any atom is -0.399 e. The Bertz CT molecular complexity index is 472. The summed E-state index contributed by atoms with van der Waals surface area (Å²) in [6.45, 7) is 0.263. The molecular formula is C13H13ClFNO. The van der Waals surface area contributed by atoms with Gasteiger partial charge < -0.3 is 10.5 Å². The molecule has 2 rings (SSSR count). The van der Waals surface area contributed by atoms with Crippen molar-refractivity contribution >= 4 is 11.6 Å². The van der Waals surface area contributed by atoms with Crippen LogP contribution in [0.2, 0.25) is 0 Å². The second-order valence-electron chi connectivity index (χ2n) is 3.95. The molecule has 1 aliphatic rings. The fraction of sp³-hybridized carbons (Fsp3) is 0.231. The second kappa shape index (κ2) is 4.90. The van der Waals surface area contributed by atoms with Crippen molar-refractivity contribution < 1.29 is 9.13 Å². The van der Waals surface area contributed by atoms with Crippen LogP contribution in [-0.2, 0) is 11.3 Å². The number of nitrogens with two attached hydrogens (primary N) is 1. The molecule has 0 aromatic heterocycles. The lowest BCUT2D eigenvalue weighted by Gasteiger charge is -2.25. The van der Waals surface area contributed by atoms with Crippen molar-refractivity contribution in [3.05, 3.63) is 59.6 Å². The van der Waals surface area contributed by atoms with Crippen LogP contribution in [0.5, 0.6) is 0 Å². The van der Waals surface area contributed by atoms with Gasteiger partial charge >= 0.3 is 0 Å². The van der Waals surface area contributed by atoms with Gasteiger partial charge in [0.1, 0.15) is 5.82 Å². The zero-order valence-electron chi connectivity index (χ0n) is 9.20. The van der Waals surface area contributed by atoms with Gasteiger partial charge in [0.05, 0.1) is 6.61 Å². The molecule has 0 heterocycles. The highest BCUT2D eigenvalue weighted by Gasteiger charge is 2.25. The van der Waals surface area contributed by atoms with Crippen LogP contribution in [0.3, 0.4) is 0 Å². The van der Waals surface area contributed by atoms with Crippen LogP contribution in [-0.4, -0.2) is 5.06 Å². The van der Waals surface area contributed by atoms with Crippen LogP contribution in [0.1, 0.15) is 12.0 Å². The number of hydrogen-bond acceptors (Lipinski definition) is 2. The molecule has 0 amide bonds. The number of hydrogen-bond donors (Lipinski definition) is 1. The van der Waals surface area contributed by atoms with Crippen LogP contribution in [0.15, 0.2) is 48.2 Å². The summed E-state index contributed by atoms with van der Waals surface area (Å²) < 4.78 is 18.5. The average molecular weight is 254 g/mol. The molecule has 1 atom stereocenters. The Labute approximate surface area is 105 Å². The van der Waals surface area contributed by atoms with Crippen molar-refractivity contribution in [2.45, 2.75) is 18.1 Å². The van der Waals surface area contributed by atoms with Gasteiger partial charge in [0, 0.05) is 12.1 Å². The van der Waals surface area contributed by atoms with E-state index in [1.54, 1.807) is 30.4 Å². The van der Waals surface area contributed by atoms with Crippen LogP contribution in [0.25, 0.3) is 0 Å². The molecule has 90 valence electrons. The molecule has 0 aliphatic heterocycles. The molecule has 1 aromatic carbocycles. The number of alkyl halides is 1. The molecular weight excluding hydrogens is 241 g/mol. The largest absolute Gasteiger partial charge is 0.399 e.